The Bertz CT molecular complexity index is 1190. The van der Waals surface area contributed by atoms with E-state index in [-0.39, 0.29) is 6.04 Å². The SMILES string of the molecule is CC(C)N(NC(=O)c1cccnc1)C(=O)/C=C/c1cn(C(=O)OC(C)(C)C)c2ccccc12. The molecule has 33 heavy (non-hydrogen) atoms. The van der Waals surface area contributed by atoms with Gasteiger partial charge in [-0.05, 0) is 58.9 Å². The zero-order chi connectivity index (χ0) is 24.2. The van der Waals surface area contributed by atoms with E-state index in [1.54, 1.807) is 65.2 Å². The molecular formula is C25H28N4O4. The number of benzene rings is 1. The summed E-state index contributed by atoms with van der Waals surface area (Å²) in [4.78, 5) is 42.0. The van der Waals surface area contributed by atoms with Crippen molar-refractivity contribution in [1.29, 1.82) is 0 Å². The molecule has 0 saturated heterocycles. The molecule has 0 saturated carbocycles. The predicted octanol–water partition coefficient (Wildman–Crippen LogP) is 4.41. The topological polar surface area (TPSA) is 93.5 Å². The molecule has 8 nitrogen and oxygen atoms in total. The van der Waals surface area contributed by atoms with Crippen molar-refractivity contribution in [3.63, 3.8) is 0 Å². The van der Waals surface area contributed by atoms with Crippen molar-refractivity contribution < 1.29 is 19.1 Å². The number of carbonyl (C=O) groups is 3. The first-order chi connectivity index (χ1) is 15.6. The number of nitrogens with one attached hydrogen (secondary N) is 1. The van der Waals surface area contributed by atoms with Crippen LogP contribution in [0.1, 0.15) is 50.5 Å². The van der Waals surface area contributed by atoms with Crippen LogP contribution in [0.3, 0.4) is 0 Å². The van der Waals surface area contributed by atoms with Crippen LogP contribution >= 0.6 is 0 Å². The second-order valence-electron chi connectivity index (χ2n) is 8.77. The molecule has 1 aromatic carbocycles. The van der Waals surface area contributed by atoms with E-state index in [1.165, 1.54) is 21.8 Å². The van der Waals surface area contributed by atoms with Gasteiger partial charge in [0.25, 0.3) is 11.8 Å². The molecule has 0 unspecified atom stereocenters. The minimum absolute atomic E-state index is 0.286. The van der Waals surface area contributed by atoms with Crippen LogP contribution in [-0.4, -0.2) is 44.1 Å². The summed E-state index contributed by atoms with van der Waals surface area (Å²) < 4.78 is 6.92. The Morgan fingerprint density at radius 1 is 1.12 bits per heavy atom. The molecule has 0 atom stereocenters. The molecule has 3 aromatic rings. The maximum Gasteiger partial charge on any atom is 0.419 e. The summed E-state index contributed by atoms with van der Waals surface area (Å²) in [5, 5.41) is 2.04. The minimum Gasteiger partial charge on any atom is -0.443 e. The number of amides is 2. The first kappa shape index (κ1) is 23.7. The number of hydrogen-bond acceptors (Lipinski definition) is 5. The number of pyridine rings is 1. The third-order valence-corrected chi connectivity index (χ3v) is 4.64. The lowest BCUT2D eigenvalue weighted by Gasteiger charge is -2.25. The van der Waals surface area contributed by atoms with Crippen LogP contribution in [0, 0.1) is 0 Å². The maximum atomic E-state index is 12.9. The van der Waals surface area contributed by atoms with E-state index in [0.717, 1.165) is 5.39 Å². The molecule has 8 heteroatoms. The fraction of sp³-hybridized carbons (Fsp3) is 0.280. The van der Waals surface area contributed by atoms with Crippen molar-refractivity contribution in [3.8, 4) is 0 Å². The average molecular weight is 449 g/mol. The van der Waals surface area contributed by atoms with Crippen LogP contribution in [-0.2, 0) is 9.53 Å². The Morgan fingerprint density at radius 2 is 1.85 bits per heavy atom. The van der Waals surface area contributed by atoms with E-state index in [4.69, 9.17) is 4.74 Å². The van der Waals surface area contributed by atoms with Gasteiger partial charge in [0.05, 0.1) is 11.1 Å². The highest BCUT2D eigenvalue weighted by Gasteiger charge is 2.21. The fourth-order valence-corrected chi connectivity index (χ4v) is 3.15. The van der Waals surface area contributed by atoms with E-state index in [0.29, 0.717) is 16.6 Å². The molecule has 0 bridgehead atoms. The highest BCUT2D eigenvalue weighted by atomic mass is 16.6. The Hall–Kier alpha value is -3.94. The second-order valence-corrected chi connectivity index (χ2v) is 8.77. The highest BCUT2D eigenvalue weighted by Crippen LogP contribution is 2.24. The van der Waals surface area contributed by atoms with Crippen LogP contribution in [0.25, 0.3) is 17.0 Å². The summed E-state index contributed by atoms with van der Waals surface area (Å²) in [6.45, 7) is 9.00. The zero-order valence-electron chi connectivity index (χ0n) is 19.4. The quantitative estimate of drug-likeness (QED) is 0.471. The smallest absolute Gasteiger partial charge is 0.419 e. The Morgan fingerprint density at radius 3 is 2.48 bits per heavy atom. The number of hydrogen-bond donors (Lipinski definition) is 1. The van der Waals surface area contributed by atoms with E-state index in [9.17, 15) is 14.4 Å². The van der Waals surface area contributed by atoms with Gasteiger partial charge < -0.3 is 4.74 Å². The third-order valence-electron chi connectivity index (χ3n) is 4.64. The van der Waals surface area contributed by atoms with E-state index in [2.05, 4.69) is 10.4 Å². The third kappa shape index (κ3) is 5.85. The van der Waals surface area contributed by atoms with Gasteiger partial charge in [-0.1, -0.05) is 18.2 Å². The Labute approximate surface area is 192 Å². The van der Waals surface area contributed by atoms with Crippen LogP contribution < -0.4 is 5.43 Å². The molecule has 2 amide bonds. The number of rotatable bonds is 4. The average Bonchev–Trinajstić information content (AvgIpc) is 3.14. The lowest BCUT2D eigenvalue weighted by molar-refractivity contribution is -0.130. The Kier molecular flexibility index (Phi) is 6.96. The predicted molar refractivity (Wildman–Crippen MR) is 126 cm³/mol. The van der Waals surface area contributed by atoms with E-state index >= 15 is 0 Å². The minimum atomic E-state index is -0.640. The molecule has 0 aliphatic rings. The molecule has 172 valence electrons. The van der Waals surface area contributed by atoms with Crippen LogP contribution in [0.4, 0.5) is 4.79 Å². The summed E-state index contributed by atoms with van der Waals surface area (Å²) in [6.07, 6.45) is 7.12. The molecule has 0 aliphatic carbocycles. The van der Waals surface area contributed by atoms with Crippen molar-refractivity contribution in [2.45, 2.75) is 46.3 Å². The number of ether oxygens (including phenoxy) is 1. The molecule has 3 rings (SSSR count). The van der Waals surface area contributed by atoms with Gasteiger partial charge in [0.1, 0.15) is 5.60 Å². The van der Waals surface area contributed by atoms with Gasteiger partial charge in [0.15, 0.2) is 0 Å². The number of hydrazine groups is 1. The number of para-hydroxylation sites is 1. The fourth-order valence-electron chi connectivity index (χ4n) is 3.15. The van der Waals surface area contributed by atoms with Crippen molar-refractivity contribution in [3.05, 3.63) is 72.2 Å². The van der Waals surface area contributed by atoms with Crippen molar-refractivity contribution in [2.24, 2.45) is 0 Å². The first-order valence-corrected chi connectivity index (χ1v) is 10.6. The van der Waals surface area contributed by atoms with Crippen LogP contribution in [0.15, 0.2) is 61.1 Å². The van der Waals surface area contributed by atoms with Crippen molar-refractivity contribution in [2.75, 3.05) is 0 Å². The van der Waals surface area contributed by atoms with Gasteiger partial charge in [-0.25, -0.2) is 9.80 Å². The van der Waals surface area contributed by atoms with Gasteiger partial charge >= 0.3 is 6.09 Å². The molecule has 2 heterocycles. The van der Waals surface area contributed by atoms with Gasteiger partial charge in [-0.3, -0.25) is 24.6 Å². The number of nitrogens with zero attached hydrogens (tertiary/aromatic N) is 3. The first-order valence-electron chi connectivity index (χ1n) is 10.6. The number of carbonyl (C=O) groups excluding carboxylic acids is 3. The lowest BCUT2D eigenvalue weighted by Crippen LogP contribution is -2.49. The van der Waals surface area contributed by atoms with E-state index in [1.807, 2.05) is 24.3 Å². The Balaban J connectivity index is 1.85. The lowest BCUT2D eigenvalue weighted by atomic mass is 10.1. The summed E-state index contributed by atoms with van der Waals surface area (Å²) in [7, 11) is 0. The molecule has 0 aliphatic heterocycles. The van der Waals surface area contributed by atoms with Crippen molar-refractivity contribution >= 4 is 34.9 Å². The second kappa shape index (κ2) is 9.68. The molecule has 1 N–H and O–H groups in total. The van der Waals surface area contributed by atoms with Crippen molar-refractivity contribution in [1.82, 2.24) is 20.0 Å². The summed E-state index contributed by atoms with van der Waals surface area (Å²) in [5.74, 6) is -0.837. The zero-order valence-corrected chi connectivity index (χ0v) is 19.4. The molecule has 0 radical (unpaired) electrons. The normalized spacial score (nSPS) is 11.7. The standard InChI is InChI=1S/C25H28N4O4/c1-17(2)29(27-23(31)18-9-8-14-26-15-18)22(30)13-12-19-16-28(24(32)33-25(3,4)5)21-11-7-6-10-20(19)21/h6-17H,1-5H3,(H,27,31)/b13-12+. The molecular weight excluding hydrogens is 420 g/mol. The summed E-state index contributed by atoms with van der Waals surface area (Å²) in [5.41, 5.74) is 3.68. The van der Waals surface area contributed by atoms with Crippen LogP contribution in [0.2, 0.25) is 0 Å². The summed E-state index contributed by atoms with van der Waals surface area (Å²) in [6, 6.07) is 10.3. The molecule has 0 fully saturated rings. The van der Waals surface area contributed by atoms with Gasteiger partial charge in [-0.15, -0.1) is 0 Å². The van der Waals surface area contributed by atoms with Crippen LogP contribution in [0.5, 0.6) is 0 Å². The molecule has 2 aromatic heterocycles. The maximum absolute atomic E-state index is 12.9. The molecule has 0 spiro atoms. The monoisotopic (exact) mass is 448 g/mol. The van der Waals surface area contributed by atoms with Gasteiger partial charge in [0.2, 0.25) is 0 Å². The van der Waals surface area contributed by atoms with Gasteiger partial charge in [-0.2, -0.15) is 0 Å². The highest BCUT2D eigenvalue weighted by molar-refractivity contribution is 6.00. The van der Waals surface area contributed by atoms with E-state index < -0.39 is 23.5 Å². The largest absolute Gasteiger partial charge is 0.443 e. The summed E-state index contributed by atoms with van der Waals surface area (Å²) >= 11 is 0. The number of fused-ring (bicyclic) bond motifs is 1. The number of aromatic nitrogens is 2. The van der Waals surface area contributed by atoms with Gasteiger partial charge in [0, 0.05) is 41.7 Å².